The molecule has 0 spiro atoms. The number of rotatable bonds is 4. The van der Waals surface area contributed by atoms with Gasteiger partial charge < -0.3 is 10.4 Å². The zero-order chi connectivity index (χ0) is 14.6. The van der Waals surface area contributed by atoms with E-state index in [0.29, 0.717) is 6.04 Å². The van der Waals surface area contributed by atoms with Gasteiger partial charge >= 0.3 is 0 Å². The molecule has 3 heteroatoms. The summed E-state index contributed by atoms with van der Waals surface area (Å²) in [5.41, 5.74) is 2.89. The van der Waals surface area contributed by atoms with Gasteiger partial charge in [-0.1, -0.05) is 45.0 Å². The van der Waals surface area contributed by atoms with E-state index in [0.717, 1.165) is 32.6 Å². The van der Waals surface area contributed by atoms with E-state index in [9.17, 15) is 5.11 Å². The van der Waals surface area contributed by atoms with Gasteiger partial charge in [-0.05, 0) is 23.0 Å². The predicted octanol–water partition coefficient (Wildman–Crippen LogP) is 2.31. The second-order valence-corrected chi connectivity index (χ2v) is 6.69. The van der Waals surface area contributed by atoms with Crippen molar-refractivity contribution in [3.63, 3.8) is 0 Å². The number of hydrogen-bond acceptors (Lipinski definition) is 3. The highest BCUT2D eigenvalue weighted by molar-refractivity contribution is 5.29. The van der Waals surface area contributed by atoms with E-state index in [1.165, 1.54) is 11.1 Å². The highest BCUT2D eigenvalue weighted by atomic mass is 16.3. The van der Waals surface area contributed by atoms with Crippen molar-refractivity contribution < 1.29 is 5.11 Å². The van der Waals surface area contributed by atoms with Crippen LogP contribution in [0, 0.1) is 0 Å². The number of nitrogens with one attached hydrogen (secondary N) is 1. The minimum atomic E-state index is 0.194. The maximum absolute atomic E-state index is 9.37. The smallest absolute Gasteiger partial charge is 0.0449 e. The van der Waals surface area contributed by atoms with E-state index in [1.54, 1.807) is 0 Å². The van der Waals surface area contributed by atoms with Crippen LogP contribution >= 0.6 is 0 Å². The summed E-state index contributed by atoms with van der Waals surface area (Å²) in [6.45, 7) is 11.2. The van der Waals surface area contributed by atoms with Crippen molar-refractivity contribution in [3.05, 3.63) is 35.4 Å². The van der Waals surface area contributed by atoms with Crippen LogP contribution in [0.4, 0.5) is 0 Å². The maximum atomic E-state index is 9.37. The molecule has 1 aliphatic heterocycles. The van der Waals surface area contributed by atoms with Crippen LogP contribution in [-0.4, -0.2) is 42.8 Å². The molecular weight excluding hydrogens is 248 g/mol. The molecule has 3 nitrogen and oxygen atoms in total. The zero-order valence-corrected chi connectivity index (χ0v) is 13.0. The largest absolute Gasteiger partial charge is 0.396 e. The molecule has 0 radical (unpaired) electrons. The third-order valence-electron chi connectivity index (χ3n) is 4.16. The van der Waals surface area contributed by atoms with E-state index in [4.69, 9.17) is 0 Å². The lowest BCUT2D eigenvalue weighted by Crippen LogP contribution is -2.45. The zero-order valence-electron chi connectivity index (χ0n) is 13.0. The monoisotopic (exact) mass is 276 g/mol. The normalized spacial score (nSPS) is 19.0. The minimum Gasteiger partial charge on any atom is -0.396 e. The average Bonchev–Trinajstić information content (AvgIpc) is 2.45. The summed E-state index contributed by atoms with van der Waals surface area (Å²) >= 11 is 0. The van der Waals surface area contributed by atoms with Gasteiger partial charge in [-0.15, -0.1) is 0 Å². The van der Waals surface area contributed by atoms with Crippen LogP contribution in [0.2, 0.25) is 0 Å². The molecule has 20 heavy (non-hydrogen) atoms. The Labute approximate surface area is 123 Å². The standard InChI is InChI=1S/C17H28N2O/c1-17(2,3)15-6-4-14(5-7-15)16(8-13-20)19-11-9-18-10-12-19/h4-7,16,18,20H,8-13H2,1-3H3/t16-/m1/s1. The van der Waals surface area contributed by atoms with Crippen molar-refractivity contribution in [3.8, 4) is 0 Å². The summed E-state index contributed by atoms with van der Waals surface area (Å²) in [6.07, 6.45) is 0.814. The van der Waals surface area contributed by atoms with Crippen LogP contribution in [0.15, 0.2) is 24.3 Å². The first-order valence-electron chi connectivity index (χ1n) is 7.68. The van der Waals surface area contributed by atoms with Crippen molar-refractivity contribution in [2.24, 2.45) is 0 Å². The molecule has 112 valence electrons. The quantitative estimate of drug-likeness (QED) is 0.886. The SMILES string of the molecule is CC(C)(C)c1ccc([C@@H](CCO)N2CCNCC2)cc1. The van der Waals surface area contributed by atoms with Gasteiger partial charge in [-0.25, -0.2) is 0 Å². The van der Waals surface area contributed by atoms with Crippen LogP contribution in [-0.2, 0) is 5.41 Å². The number of nitrogens with zero attached hydrogens (tertiary/aromatic N) is 1. The van der Waals surface area contributed by atoms with Crippen molar-refractivity contribution in [2.75, 3.05) is 32.8 Å². The average molecular weight is 276 g/mol. The van der Waals surface area contributed by atoms with E-state index < -0.39 is 0 Å². The van der Waals surface area contributed by atoms with Gasteiger partial charge in [0.05, 0.1) is 0 Å². The Hall–Kier alpha value is -0.900. The third-order valence-corrected chi connectivity index (χ3v) is 4.16. The van der Waals surface area contributed by atoms with Gasteiger partial charge in [0.25, 0.3) is 0 Å². The molecule has 0 aliphatic carbocycles. The van der Waals surface area contributed by atoms with Gasteiger partial charge in [0.15, 0.2) is 0 Å². The van der Waals surface area contributed by atoms with Crippen LogP contribution in [0.5, 0.6) is 0 Å². The topological polar surface area (TPSA) is 35.5 Å². The lowest BCUT2D eigenvalue weighted by atomic mass is 9.86. The lowest BCUT2D eigenvalue weighted by Gasteiger charge is -2.35. The third kappa shape index (κ3) is 3.81. The van der Waals surface area contributed by atoms with Crippen molar-refractivity contribution in [1.29, 1.82) is 0 Å². The van der Waals surface area contributed by atoms with Crippen molar-refractivity contribution in [1.82, 2.24) is 10.2 Å². The Balaban J connectivity index is 2.16. The molecule has 1 aromatic rings. The van der Waals surface area contributed by atoms with Gasteiger partial charge in [-0.2, -0.15) is 0 Å². The van der Waals surface area contributed by atoms with Crippen LogP contribution in [0.25, 0.3) is 0 Å². The highest BCUT2D eigenvalue weighted by Crippen LogP contribution is 2.28. The summed E-state index contributed by atoms with van der Waals surface area (Å²) in [7, 11) is 0. The first-order chi connectivity index (χ1) is 9.52. The molecule has 1 atom stereocenters. The minimum absolute atomic E-state index is 0.194. The molecular formula is C17H28N2O. The van der Waals surface area contributed by atoms with Gasteiger partial charge in [-0.3, -0.25) is 4.90 Å². The molecule has 1 aliphatic rings. The lowest BCUT2D eigenvalue weighted by molar-refractivity contribution is 0.141. The molecule has 0 saturated carbocycles. The van der Waals surface area contributed by atoms with Gasteiger partial charge in [0.1, 0.15) is 0 Å². The van der Waals surface area contributed by atoms with E-state index in [2.05, 4.69) is 55.3 Å². The maximum Gasteiger partial charge on any atom is 0.0449 e. The molecule has 1 fully saturated rings. The summed E-state index contributed by atoms with van der Waals surface area (Å²) < 4.78 is 0. The van der Waals surface area contributed by atoms with Crippen LogP contribution in [0.3, 0.4) is 0 Å². The van der Waals surface area contributed by atoms with Gasteiger partial charge in [0, 0.05) is 38.8 Å². The number of piperazine rings is 1. The van der Waals surface area contributed by atoms with E-state index >= 15 is 0 Å². The molecule has 2 rings (SSSR count). The summed E-state index contributed by atoms with van der Waals surface area (Å²) in [6, 6.07) is 9.30. The molecule has 1 aromatic carbocycles. The number of aliphatic hydroxyl groups is 1. The summed E-state index contributed by atoms with van der Waals surface area (Å²) in [5.74, 6) is 0. The second-order valence-electron chi connectivity index (χ2n) is 6.69. The fourth-order valence-corrected chi connectivity index (χ4v) is 2.88. The number of aliphatic hydroxyl groups excluding tert-OH is 1. The fraction of sp³-hybridized carbons (Fsp3) is 0.647. The van der Waals surface area contributed by atoms with E-state index in [-0.39, 0.29) is 12.0 Å². The molecule has 2 N–H and O–H groups in total. The van der Waals surface area contributed by atoms with Crippen LogP contribution in [0.1, 0.15) is 44.4 Å². The molecule has 1 saturated heterocycles. The first kappa shape index (κ1) is 15.5. The van der Waals surface area contributed by atoms with Gasteiger partial charge in [0.2, 0.25) is 0 Å². The molecule has 1 heterocycles. The van der Waals surface area contributed by atoms with Crippen molar-refractivity contribution >= 4 is 0 Å². The second kappa shape index (κ2) is 6.70. The summed E-state index contributed by atoms with van der Waals surface area (Å²) in [4.78, 5) is 2.48. The summed E-state index contributed by atoms with van der Waals surface area (Å²) in [5, 5.41) is 12.8. The fourth-order valence-electron chi connectivity index (χ4n) is 2.88. The highest BCUT2D eigenvalue weighted by Gasteiger charge is 2.22. The number of benzene rings is 1. The molecule has 0 unspecified atom stereocenters. The Morgan fingerprint density at radius 2 is 1.75 bits per heavy atom. The Kier molecular flexibility index (Phi) is 5.19. The Morgan fingerprint density at radius 3 is 2.25 bits per heavy atom. The van der Waals surface area contributed by atoms with Crippen LogP contribution < -0.4 is 5.32 Å². The van der Waals surface area contributed by atoms with Crippen molar-refractivity contribution in [2.45, 2.75) is 38.6 Å². The number of hydrogen-bond donors (Lipinski definition) is 2. The molecule has 0 bridgehead atoms. The molecule has 0 amide bonds. The van der Waals surface area contributed by atoms with E-state index in [1.807, 2.05) is 0 Å². The molecule has 0 aromatic heterocycles. The predicted molar refractivity (Wildman–Crippen MR) is 84.0 cm³/mol. The Bertz CT molecular complexity index is 402. The Morgan fingerprint density at radius 1 is 1.15 bits per heavy atom. The first-order valence-corrected chi connectivity index (χ1v) is 7.68.